The second-order valence-electron chi connectivity index (χ2n) is 5.51. The fraction of sp³-hybridized carbons (Fsp3) is 0.357. The van der Waals surface area contributed by atoms with Gasteiger partial charge >= 0.3 is 5.97 Å². The summed E-state index contributed by atoms with van der Waals surface area (Å²) in [5, 5.41) is 11.7. The van der Waals surface area contributed by atoms with Gasteiger partial charge in [-0.25, -0.2) is 0 Å². The molecule has 0 fully saturated rings. The van der Waals surface area contributed by atoms with E-state index in [1.54, 1.807) is 13.8 Å². The summed E-state index contributed by atoms with van der Waals surface area (Å²) in [5.74, 6) is -2.08. The molecule has 0 spiro atoms. The molecule has 114 valence electrons. The summed E-state index contributed by atoms with van der Waals surface area (Å²) >= 11 is 5.83. The highest BCUT2D eigenvalue weighted by atomic mass is 35.5. The summed E-state index contributed by atoms with van der Waals surface area (Å²) in [5.41, 5.74) is 4.87. The van der Waals surface area contributed by atoms with Gasteiger partial charge in [0, 0.05) is 11.4 Å². The Bertz CT molecular complexity index is 584. The first kappa shape index (κ1) is 17.0. The van der Waals surface area contributed by atoms with Crippen molar-refractivity contribution >= 4 is 35.1 Å². The number of hydrogen-bond donors (Lipinski definition) is 3. The SMILES string of the molecule is CC(C)(CC(=O)O)CC(=O)Nc1cc(Cl)ccc1C(N)=O. The summed E-state index contributed by atoms with van der Waals surface area (Å²) in [6.07, 6.45) is -0.150. The number of anilines is 1. The van der Waals surface area contributed by atoms with E-state index in [1.165, 1.54) is 18.2 Å². The van der Waals surface area contributed by atoms with Gasteiger partial charge in [-0.2, -0.15) is 0 Å². The van der Waals surface area contributed by atoms with Crippen LogP contribution in [-0.2, 0) is 9.59 Å². The largest absolute Gasteiger partial charge is 0.481 e. The minimum Gasteiger partial charge on any atom is -0.481 e. The Kier molecular flexibility index (Phi) is 5.32. The Morgan fingerprint density at radius 3 is 2.43 bits per heavy atom. The van der Waals surface area contributed by atoms with Gasteiger partial charge in [0.2, 0.25) is 5.91 Å². The Morgan fingerprint density at radius 2 is 1.90 bits per heavy atom. The average molecular weight is 313 g/mol. The highest BCUT2D eigenvalue weighted by molar-refractivity contribution is 6.31. The number of nitrogens with two attached hydrogens (primary N) is 1. The summed E-state index contributed by atoms with van der Waals surface area (Å²) in [6, 6.07) is 4.33. The summed E-state index contributed by atoms with van der Waals surface area (Å²) < 4.78 is 0. The number of carboxylic acids is 1. The number of carbonyl (C=O) groups excluding carboxylic acids is 2. The minimum absolute atomic E-state index is 0.00991. The predicted octanol–water partition coefficient (Wildman–Crippen LogP) is 2.27. The zero-order chi connectivity index (χ0) is 16.2. The number of amides is 2. The van der Waals surface area contributed by atoms with Crippen LogP contribution in [0.3, 0.4) is 0 Å². The first-order chi connectivity index (χ1) is 9.60. The molecule has 0 saturated heterocycles. The lowest BCUT2D eigenvalue weighted by Gasteiger charge is -2.21. The Hall–Kier alpha value is -2.08. The van der Waals surface area contributed by atoms with Crippen molar-refractivity contribution in [2.75, 3.05) is 5.32 Å². The molecule has 6 nitrogen and oxygen atoms in total. The number of carbonyl (C=O) groups is 3. The van der Waals surface area contributed by atoms with Crippen molar-refractivity contribution in [3.63, 3.8) is 0 Å². The number of primary amides is 1. The van der Waals surface area contributed by atoms with Gasteiger partial charge < -0.3 is 16.2 Å². The summed E-state index contributed by atoms with van der Waals surface area (Å²) in [7, 11) is 0. The third kappa shape index (κ3) is 5.43. The van der Waals surface area contributed by atoms with Crippen LogP contribution in [0.4, 0.5) is 5.69 Å². The number of aliphatic carboxylic acids is 1. The molecule has 1 aromatic carbocycles. The topological polar surface area (TPSA) is 109 Å². The highest BCUT2D eigenvalue weighted by Gasteiger charge is 2.25. The van der Waals surface area contributed by atoms with Crippen LogP contribution in [0.1, 0.15) is 37.0 Å². The predicted molar refractivity (Wildman–Crippen MR) is 79.3 cm³/mol. The molecule has 0 aliphatic heterocycles. The van der Waals surface area contributed by atoms with Crippen LogP contribution in [-0.4, -0.2) is 22.9 Å². The smallest absolute Gasteiger partial charge is 0.303 e. The fourth-order valence-corrected chi connectivity index (χ4v) is 2.11. The standard InChI is InChI=1S/C14H17ClN2O4/c1-14(2,7-12(19)20)6-11(18)17-10-5-8(15)3-4-9(10)13(16)21/h3-5H,6-7H2,1-2H3,(H2,16,21)(H,17,18)(H,19,20). The van der Waals surface area contributed by atoms with Crippen molar-refractivity contribution in [3.05, 3.63) is 28.8 Å². The molecule has 2 amide bonds. The molecule has 7 heteroatoms. The molecule has 1 aromatic rings. The van der Waals surface area contributed by atoms with Crippen molar-refractivity contribution in [2.45, 2.75) is 26.7 Å². The second kappa shape index (κ2) is 6.58. The van der Waals surface area contributed by atoms with Gasteiger partial charge in [-0.3, -0.25) is 14.4 Å². The van der Waals surface area contributed by atoms with Crippen molar-refractivity contribution in [1.82, 2.24) is 0 Å². The molecule has 0 saturated carbocycles. The lowest BCUT2D eigenvalue weighted by molar-refractivity contribution is -0.139. The van der Waals surface area contributed by atoms with Gasteiger partial charge in [0.15, 0.2) is 0 Å². The zero-order valence-corrected chi connectivity index (χ0v) is 12.5. The molecule has 0 aromatic heterocycles. The number of rotatable bonds is 6. The van der Waals surface area contributed by atoms with Crippen molar-refractivity contribution < 1.29 is 19.5 Å². The first-order valence-electron chi connectivity index (χ1n) is 6.22. The van der Waals surface area contributed by atoms with E-state index < -0.39 is 23.2 Å². The van der Waals surface area contributed by atoms with E-state index in [-0.39, 0.29) is 24.1 Å². The van der Waals surface area contributed by atoms with Crippen LogP contribution in [0.5, 0.6) is 0 Å². The molecule has 0 heterocycles. The Labute approximate surface area is 127 Å². The second-order valence-corrected chi connectivity index (χ2v) is 5.95. The van der Waals surface area contributed by atoms with Crippen LogP contribution in [0.2, 0.25) is 5.02 Å². The van der Waals surface area contributed by atoms with E-state index >= 15 is 0 Å². The molecular weight excluding hydrogens is 296 g/mol. The average Bonchev–Trinajstić information content (AvgIpc) is 2.24. The van der Waals surface area contributed by atoms with Gasteiger partial charge in [-0.05, 0) is 23.6 Å². The molecule has 0 aliphatic rings. The van der Waals surface area contributed by atoms with E-state index in [1.807, 2.05) is 0 Å². The van der Waals surface area contributed by atoms with Crippen LogP contribution < -0.4 is 11.1 Å². The maximum Gasteiger partial charge on any atom is 0.303 e. The Morgan fingerprint density at radius 1 is 1.29 bits per heavy atom. The maximum atomic E-state index is 12.0. The molecule has 21 heavy (non-hydrogen) atoms. The van der Waals surface area contributed by atoms with E-state index in [4.69, 9.17) is 22.4 Å². The molecular formula is C14H17ClN2O4. The van der Waals surface area contributed by atoms with Gasteiger partial charge in [-0.15, -0.1) is 0 Å². The van der Waals surface area contributed by atoms with Crippen LogP contribution in [0, 0.1) is 5.41 Å². The van der Waals surface area contributed by atoms with E-state index in [0.29, 0.717) is 5.02 Å². The zero-order valence-electron chi connectivity index (χ0n) is 11.8. The summed E-state index contributed by atoms with van der Waals surface area (Å²) in [4.78, 5) is 34.0. The quantitative estimate of drug-likeness (QED) is 0.748. The molecule has 0 bridgehead atoms. The highest BCUT2D eigenvalue weighted by Crippen LogP contribution is 2.27. The van der Waals surface area contributed by atoms with Crippen molar-refractivity contribution in [1.29, 1.82) is 0 Å². The van der Waals surface area contributed by atoms with Crippen molar-refractivity contribution in [2.24, 2.45) is 11.1 Å². The normalized spacial score (nSPS) is 11.0. The van der Waals surface area contributed by atoms with Crippen LogP contribution in [0.25, 0.3) is 0 Å². The minimum atomic E-state index is -0.978. The van der Waals surface area contributed by atoms with Crippen LogP contribution in [0.15, 0.2) is 18.2 Å². The summed E-state index contributed by atoms with van der Waals surface area (Å²) in [6.45, 7) is 3.35. The van der Waals surface area contributed by atoms with Gasteiger partial charge in [0.05, 0.1) is 17.7 Å². The Balaban J connectivity index is 2.86. The van der Waals surface area contributed by atoms with E-state index in [2.05, 4.69) is 5.32 Å². The van der Waals surface area contributed by atoms with Gasteiger partial charge in [-0.1, -0.05) is 25.4 Å². The molecule has 0 atom stereocenters. The third-order valence-corrected chi connectivity index (χ3v) is 3.03. The number of benzene rings is 1. The van der Waals surface area contributed by atoms with E-state index in [0.717, 1.165) is 0 Å². The van der Waals surface area contributed by atoms with Crippen LogP contribution >= 0.6 is 11.6 Å². The lowest BCUT2D eigenvalue weighted by Crippen LogP contribution is -2.26. The molecule has 0 aliphatic carbocycles. The number of hydrogen-bond acceptors (Lipinski definition) is 3. The molecule has 0 unspecified atom stereocenters. The van der Waals surface area contributed by atoms with Gasteiger partial charge in [0.1, 0.15) is 0 Å². The molecule has 1 rings (SSSR count). The van der Waals surface area contributed by atoms with Crippen molar-refractivity contribution in [3.8, 4) is 0 Å². The molecule has 4 N–H and O–H groups in total. The third-order valence-electron chi connectivity index (χ3n) is 2.79. The maximum absolute atomic E-state index is 12.0. The molecule has 0 radical (unpaired) electrons. The monoisotopic (exact) mass is 312 g/mol. The fourth-order valence-electron chi connectivity index (χ4n) is 1.94. The number of carboxylic acid groups (broad SMARTS) is 1. The number of nitrogens with one attached hydrogen (secondary N) is 1. The lowest BCUT2D eigenvalue weighted by atomic mass is 9.85. The first-order valence-corrected chi connectivity index (χ1v) is 6.59. The number of halogens is 1. The van der Waals surface area contributed by atoms with Gasteiger partial charge in [0.25, 0.3) is 5.91 Å². The van der Waals surface area contributed by atoms with E-state index in [9.17, 15) is 14.4 Å².